The van der Waals surface area contributed by atoms with Crippen molar-refractivity contribution >= 4 is 0 Å². The van der Waals surface area contributed by atoms with E-state index in [-0.39, 0.29) is 6.61 Å². The average Bonchev–Trinajstić information content (AvgIpc) is 2.04. The van der Waals surface area contributed by atoms with Gasteiger partial charge < -0.3 is 4.74 Å². The molecule has 1 saturated carbocycles. The predicted molar refractivity (Wildman–Crippen MR) is 42.3 cm³/mol. The Labute approximate surface area is 71.9 Å². The van der Waals surface area contributed by atoms with Crippen molar-refractivity contribution in [3.63, 3.8) is 0 Å². The summed E-state index contributed by atoms with van der Waals surface area (Å²) in [6, 6.07) is 0. The van der Waals surface area contributed by atoms with E-state index in [0.29, 0.717) is 11.3 Å². The van der Waals surface area contributed by atoms with Crippen molar-refractivity contribution in [1.82, 2.24) is 0 Å². The maximum atomic E-state index is 11.5. The first-order valence-corrected chi connectivity index (χ1v) is 4.66. The van der Waals surface area contributed by atoms with Gasteiger partial charge in [-0.05, 0) is 36.1 Å². The molecule has 0 unspecified atom stereocenters. The van der Waals surface area contributed by atoms with Crippen LogP contribution in [0.5, 0.6) is 0 Å². The molecular weight excluding hydrogens is 159 g/mol. The molecule has 2 aliphatic rings. The fourth-order valence-corrected chi connectivity index (χ4v) is 2.23. The van der Waals surface area contributed by atoms with E-state index >= 15 is 0 Å². The lowest BCUT2D eigenvalue weighted by Gasteiger charge is -2.46. The normalized spacial score (nSPS) is 28.8. The SMILES string of the molecule is FOCC1CCC2(CC1)COC2. The minimum atomic E-state index is 0.289. The van der Waals surface area contributed by atoms with Crippen LogP contribution in [0.1, 0.15) is 25.7 Å². The summed E-state index contributed by atoms with van der Waals surface area (Å²) in [7, 11) is 0. The Morgan fingerprint density at radius 2 is 2.00 bits per heavy atom. The second kappa shape index (κ2) is 3.30. The number of rotatable bonds is 2. The standard InChI is InChI=1S/C9H15FO2/c10-12-5-8-1-3-9(4-2-8)6-11-7-9/h8H,1-7H2. The van der Waals surface area contributed by atoms with Gasteiger partial charge >= 0.3 is 0 Å². The van der Waals surface area contributed by atoms with Gasteiger partial charge in [-0.2, -0.15) is 4.94 Å². The van der Waals surface area contributed by atoms with Gasteiger partial charge in [-0.25, -0.2) is 0 Å². The van der Waals surface area contributed by atoms with Crippen LogP contribution in [0.4, 0.5) is 4.53 Å². The molecule has 0 N–H and O–H groups in total. The van der Waals surface area contributed by atoms with Crippen LogP contribution in [0.3, 0.4) is 0 Å². The largest absolute Gasteiger partial charge is 0.380 e. The number of hydrogen-bond donors (Lipinski definition) is 0. The Morgan fingerprint density at radius 3 is 2.42 bits per heavy atom. The lowest BCUT2D eigenvalue weighted by atomic mass is 9.69. The highest BCUT2D eigenvalue weighted by atomic mass is 19.3. The molecule has 3 heteroatoms. The van der Waals surface area contributed by atoms with Crippen LogP contribution in [0.25, 0.3) is 0 Å². The molecule has 0 aromatic carbocycles. The van der Waals surface area contributed by atoms with Crippen molar-refractivity contribution in [2.75, 3.05) is 19.8 Å². The van der Waals surface area contributed by atoms with Crippen LogP contribution in [0.2, 0.25) is 0 Å². The molecule has 12 heavy (non-hydrogen) atoms. The van der Waals surface area contributed by atoms with Crippen LogP contribution < -0.4 is 0 Å². The molecule has 0 radical (unpaired) electrons. The van der Waals surface area contributed by atoms with Crippen molar-refractivity contribution < 1.29 is 14.2 Å². The van der Waals surface area contributed by atoms with Gasteiger partial charge in [0.25, 0.3) is 0 Å². The lowest BCUT2D eigenvalue weighted by molar-refractivity contribution is -0.168. The summed E-state index contributed by atoms with van der Waals surface area (Å²) in [5.74, 6) is 0.446. The van der Waals surface area contributed by atoms with E-state index in [4.69, 9.17) is 4.74 Å². The van der Waals surface area contributed by atoms with Crippen LogP contribution in [-0.2, 0) is 9.68 Å². The van der Waals surface area contributed by atoms with Gasteiger partial charge in [0.1, 0.15) is 0 Å². The Morgan fingerprint density at radius 1 is 1.33 bits per heavy atom. The van der Waals surface area contributed by atoms with Gasteiger partial charge in [-0.3, -0.25) is 0 Å². The van der Waals surface area contributed by atoms with Crippen molar-refractivity contribution in [2.45, 2.75) is 25.7 Å². The van der Waals surface area contributed by atoms with Crippen LogP contribution in [-0.4, -0.2) is 19.8 Å². The first-order chi connectivity index (χ1) is 5.85. The summed E-state index contributed by atoms with van der Waals surface area (Å²) >= 11 is 0. The number of halogens is 1. The molecule has 1 spiro atoms. The summed E-state index contributed by atoms with van der Waals surface area (Å²) in [6.45, 7) is 2.14. The molecule has 0 amide bonds. The third kappa shape index (κ3) is 1.48. The van der Waals surface area contributed by atoms with E-state index in [1.807, 2.05) is 0 Å². The van der Waals surface area contributed by atoms with E-state index in [2.05, 4.69) is 4.94 Å². The second-order valence-electron chi connectivity index (χ2n) is 4.21. The molecule has 2 nitrogen and oxygen atoms in total. The average molecular weight is 174 g/mol. The summed E-state index contributed by atoms with van der Waals surface area (Å²) in [4.78, 5) is 3.67. The van der Waals surface area contributed by atoms with Gasteiger partial charge in [0.15, 0.2) is 0 Å². The minimum absolute atomic E-state index is 0.289. The Hall–Kier alpha value is -0.150. The van der Waals surface area contributed by atoms with E-state index < -0.39 is 0 Å². The molecule has 1 aliphatic heterocycles. The van der Waals surface area contributed by atoms with E-state index in [1.54, 1.807) is 0 Å². The highest BCUT2D eigenvalue weighted by molar-refractivity contribution is 4.90. The minimum Gasteiger partial charge on any atom is -0.380 e. The highest BCUT2D eigenvalue weighted by Crippen LogP contribution is 2.44. The zero-order valence-electron chi connectivity index (χ0n) is 7.22. The summed E-state index contributed by atoms with van der Waals surface area (Å²) < 4.78 is 16.7. The molecule has 0 bridgehead atoms. The van der Waals surface area contributed by atoms with Crippen LogP contribution in [0, 0.1) is 11.3 Å². The van der Waals surface area contributed by atoms with Crippen molar-refractivity contribution in [3.8, 4) is 0 Å². The first-order valence-electron chi connectivity index (χ1n) is 4.66. The number of hydrogen-bond acceptors (Lipinski definition) is 2. The summed E-state index contributed by atoms with van der Waals surface area (Å²) in [5.41, 5.74) is 0.479. The lowest BCUT2D eigenvalue weighted by Crippen LogP contribution is -2.45. The molecule has 70 valence electrons. The van der Waals surface area contributed by atoms with Gasteiger partial charge in [-0.1, -0.05) is 0 Å². The highest BCUT2D eigenvalue weighted by Gasteiger charge is 2.41. The van der Waals surface area contributed by atoms with E-state index in [0.717, 1.165) is 26.1 Å². The quantitative estimate of drug-likeness (QED) is 0.638. The number of ether oxygens (including phenoxy) is 1. The zero-order valence-corrected chi connectivity index (χ0v) is 7.22. The van der Waals surface area contributed by atoms with Gasteiger partial charge in [0.2, 0.25) is 0 Å². The molecule has 1 aliphatic carbocycles. The summed E-state index contributed by atoms with van der Waals surface area (Å²) in [5, 5.41) is 0. The van der Waals surface area contributed by atoms with Crippen LogP contribution in [0.15, 0.2) is 0 Å². The summed E-state index contributed by atoms with van der Waals surface area (Å²) in [6.07, 6.45) is 4.60. The van der Waals surface area contributed by atoms with Gasteiger partial charge in [-0.15, -0.1) is 0 Å². The molecular formula is C9H15FO2. The smallest absolute Gasteiger partial charge is 0.0904 e. The molecule has 1 heterocycles. The van der Waals surface area contributed by atoms with Crippen LogP contribution >= 0.6 is 0 Å². The molecule has 1 saturated heterocycles. The monoisotopic (exact) mass is 174 g/mol. The second-order valence-corrected chi connectivity index (χ2v) is 4.21. The van der Waals surface area contributed by atoms with Crippen molar-refractivity contribution in [3.05, 3.63) is 0 Å². The zero-order chi connectivity index (χ0) is 8.44. The van der Waals surface area contributed by atoms with Crippen molar-refractivity contribution in [1.29, 1.82) is 0 Å². The Kier molecular flexibility index (Phi) is 2.33. The third-order valence-electron chi connectivity index (χ3n) is 3.28. The van der Waals surface area contributed by atoms with Gasteiger partial charge in [0, 0.05) is 5.41 Å². The van der Waals surface area contributed by atoms with Crippen molar-refractivity contribution in [2.24, 2.45) is 11.3 Å². The predicted octanol–water partition coefficient (Wildman–Crippen LogP) is 2.09. The maximum absolute atomic E-state index is 11.5. The molecule has 2 rings (SSSR count). The fraction of sp³-hybridized carbons (Fsp3) is 1.00. The first kappa shape index (κ1) is 8.45. The fourth-order valence-electron chi connectivity index (χ4n) is 2.23. The molecule has 0 aromatic rings. The van der Waals surface area contributed by atoms with Gasteiger partial charge in [0.05, 0.1) is 19.8 Å². The Bertz CT molecular complexity index is 147. The third-order valence-corrected chi connectivity index (χ3v) is 3.28. The topological polar surface area (TPSA) is 18.5 Å². The Balaban J connectivity index is 1.77. The van der Waals surface area contributed by atoms with E-state index in [9.17, 15) is 4.53 Å². The molecule has 0 aromatic heterocycles. The maximum Gasteiger partial charge on any atom is 0.0904 e. The molecule has 2 fully saturated rings. The molecule has 0 atom stereocenters. The van der Waals surface area contributed by atoms with E-state index in [1.165, 1.54) is 12.8 Å².